The summed E-state index contributed by atoms with van der Waals surface area (Å²) in [5.41, 5.74) is -0.146. The Kier molecular flexibility index (Phi) is 7.40. The minimum absolute atomic E-state index is 0.139. The van der Waals surface area contributed by atoms with Gasteiger partial charge in [-0.3, -0.25) is 14.5 Å². The van der Waals surface area contributed by atoms with Crippen molar-refractivity contribution >= 4 is 23.2 Å². The zero-order chi connectivity index (χ0) is 23.3. The second-order valence-electron chi connectivity index (χ2n) is 7.18. The fraction of sp³-hybridized carbons (Fsp3) is 0.429. The maximum absolute atomic E-state index is 13.1. The van der Waals surface area contributed by atoms with E-state index in [-0.39, 0.29) is 35.1 Å². The van der Waals surface area contributed by atoms with Crippen LogP contribution >= 0.6 is 11.6 Å². The van der Waals surface area contributed by atoms with E-state index in [0.717, 1.165) is 23.7 Å². The van der Waals surface area contributed by atoms with Gasteiger partial charge in [0.1, 0.15) is 18.0 Å². The number of nitrogens with one attached hydrogen (secondary N) is 1. The van der Waals surface area contributed by atoms with Gasteiger partial charge in [-0.1, -0.05) is 28.6 Å². The first-order valence-electron chi connectivity index (χ1n) is 9.90. The minimum Gasteiger partial charge on any atom is -0.396 e. The predicted molar refractivity (Wildman–Crippen MR) is 112 cm³/mol. The Morgan fingerprint density at radius 2 is 2.19 bits per heavy atom. The van der Waals surface area contributed by atoms with Crippen molar-refractivity contribution in [3.05, 3.63) is 46.0 Å². The first kappa shape index (κ1) is 23.6. The predicted octanol–water partition coefficient (Wildman–Crippen LogP) is 3.35. The molecule has 2 aromatic heterocycles. The molecule has 0 atom stereocenters. The fourth-order valence-electron chi connectivity index (χ4n) is 2.76. The van der Waals surface area contributed by atoms with Crippen LogP contribution < -0.4 is 5.32 Å². The zero-order valence-corrected chi connectivity index (χ0v) is 18.2. The third kappa shape index (κ3) is 6.47. The summed E-state index contributed by atoms with van der Waals surface area (Å²) in [7, 11) is 1.36. The molecule has 1 aliphatic carbocycles. The van der Waals surface area contributed by atoms with Crippen LogP contribution in [0.4, 0.5) is 13.2 Å². The molecule has 0 unspecified atom stereocenters. The number of amides is 1. The van der Waals surface area contributed by atoms with E-state index in [4.69, 9.17) is 16.4 Å². The third-order valence-electron chi connectivity index (χ3n) is 4.39. The first-order valence-corrected chi connectivity index (χ1v) is 10.3. The molecule has 32 heavy (non-hydrogen) atoms. The van der Waals surface area contributed by atoms with E-state index >= 15 is 0 Å². The van der Waals surface area contributed by atoms with Gasteiger partial charge in [0.15, 0.2) is 5.69 Å². The average Bonchev–Trinajstić information content (AvgIpc) is 3.47. The van der Waals surface area contributed by atoms with Crippen LogP contribution in [-0.4, -0.2) is 39.5 Å². The van der Waals surface area contributed by atoms with Crippen molar-refractivity contribution in [1.29, 1.82) is 0 Å². The van der Waals surface area contributed by atoms with Crippen LogP contribution in [0.15, 0.2) is 23.6 Å². The number of alkyl halides is 3. The van der Waals surface area contributed by atoms with Gasteiger partial charge in [-0.2, -0.15) is 18.3 Å². The van der Waals surface area contributed by atoms with Gasteiger partial charge in [0.05, 0.1) is 18.0 Å². The minimum atomic E-state index is -4.65. The van der Waals surface area contributed by atoms with E-state index in [1.807, 2.05) is 0 Å². The number of halogens is 4. The van der Waals surface area contributed by atoms with Crippen molar-refractivity contribution in [3.8, 4) is 11.8 Å². The highest BCUT2D eigenvalue weighted by Gasteiger charge is 2.37. The number of carbonyl (C=O) groups excluding carboxylic acids is 1. The smallest absolute Gasteiger partial charge is 0.396 e. The molecule has 2 aromatic rings. The summed E-state index contributed by atoms with van der Waals surface area (Å²) in [6.07, 6.45) is -0.245. The van der Waals surface area contributed by atoms with E-state index in [0.29, 0.717) is 11.5 Å². The maximum Gasteiger partial charge on any atom is 0.435 e. The summed E-state index contributed by atoms with van der Waals surface area (Å²) in [5.74, 6) is 5.92. The zero-order valence-electron chi connectivity index (χ0n) is 17.5. The van der Waals surface area contributed by atoms with Crippen LogP contribution in [0.1, 0.15) is 42.3 Å². The molecule has 1 fully saturated rings. The Morgan fingerprint density at radius 3 is 2.81 bits per heavy atom. The molecule has 0 aromatic carbocycles. The molecule has 0 bridgehead atoms. The highest BCUT2D eigenvalue weighted by molar-refractivity contribution is 6.34. The van der Waals surface area contributed by atoms with Crippen molar-refractivity contribution in [1.82, 2.24) is 20.1 Å². The number of rotatable bonds is 7. The van der Waals surface area contributed by atoms with Crippen molar-refractivity contribution in [3.63, 3.8) is 0 Å². The molecule has 3 rings (SSSR count). The Hall–Kier alpha value is -3.06. The topological polar surface area (TPSA) is 81.4 Å². The molecule has 2 heterocycles. The summed E-state index contributed by atoms with van der Waals surface area (Å²) < 4.78 is 40.3. The number of nitrogens with zero attached hydrogens (tertiary/aromatic N) is 4. The number of carbonyl (C=O) groups is 1. The van der Waals surface area contributed by atoms with Gasteiger partial charge < -0.3 is 10.2 Å². The summed E-state index contributed by atoms with van der Waals surface area (Å²) in [6.45, 7) is 1.86. The Morgan fingerprint density at radius 1 is 1.44 bits per heavy atom. The largest absolute Gasteiger partial charge is 0.435 e. The van der Waals surface area contributed by atoms with Gasteiger partial charge in [0, 0.05) is 36.5 Å². The van der Waals surface area contributed by atoms with Crippen LogP contribution in [-0.2, 0) is 29.3 Å². The summed E-state index contributed by atoms with van der Waals surface area (Å²) in [5, 5.41) is 10.2. The maximum atomic E-state index is 13.1. The molecule has 1 N–H and O–H groups in total. The van der Waals surface area contributed by atoms with Gasteiger partial charge in [-0.25, -0.2) is 0 Å². The molecular weight excluding hydrogens is 447 g/mol. The van der Waals surface area contributed by atoms with E-state index in [1.54, 1.807) is 19.2 Å². The van der Waals surface area contributed by atoms with Crippen LogP contribution in [0.2, 0.25) is 5.02 Å². The normalized spacial score (nSPS) is 14.0. The van der Waals surface area contributed by atoms with E-state index < -0.39 is 24.2 Å². The van der Waals surface area contributed by atoms with Crippen molar-refractivity contribution < 1.29 is 22.8 Å². The summed E-state index contributed by atoms with van der Waals surface area (Å²) in [4.78, 5) is 21.7. The standard InChI is InChI=1S/C21H21ClF3N5O2/c1-3-32-29-17(19-16(22)8-14(10-27-19)7-6-13-4-5-13)11-26-18(31)9-15-12-30(2)28-20(15)21(23,24)25/h8,10,12-13H,3-5,9,11H2,1-2H3,(H,26,31)/b29-17+. The lowest BCUT2D eigenvalue weighted by atomic mass is 10.1. The van der Waals surface area contributed by atoms with Gasteiger partial charge >= 0.3 is 6.18 Å². The van der Waals surface area contributed by atoms with Crippen LogP contribution in [0.3, 0.4) is 0 Å². The lowest BCUT2D eigenvalue weighted by Gasteiger charge is -2.10. The van der Waals surface area contributed by atoms with Crippen LogP contribution in [0.25, 0.3) is 0 Å². The molecule has 1 amide bonds. The molecule has 11 heteroatoms. The van der Waals surface area contributed by atoms with Crippen molar-refractivity contribution in [2.45, 2.75) is 32.4 Å². The number of aromatic nitrogens is 3. The van der Waals surface area contributed by atoms with Crippen LogP contribution in [0, 0.1) is 17.8 Å². The van der Waals surface area contributed by atoms with Gasteiger partial charge in [0.2, 0.25) is 5.91 Å². The molecule has 0 saturated heterocycles. The van der Waals surface area contributed by atoms with Gasteiger partial charge in [-0.15, -0.1) is 0 Å². The molecular formula is C21H21ClF3N5O2. The SMILES string of the molecule is CCO/N=C(\CNC(=O)Cc1cn(C)nc1C(F)(F)F)c1ncc(C#CC2CC2)cc1Cl. The molecule has 0 spiro atoms. The lowest BCUT2D eigenvalue weighted by Crippen LogP contribution is -2.32. The molecule has 1 aliphatic rings. The van der Waals surface area contributed by atoms with Crippen LogP contribution in [0.5, 0.6) is 0 Å². The second-order valence-corrected chi connectivity index (χ2v) is 7.59. The van der Waals surface area contributed by atoms with Gasteiger partial charge in [0.25, 0.3) is 0 Å². The number of hydrogen-bond acceptors (Lipinski definition) is 5. The molecule has 0 aliphatic heterocycles. The monoisotopic (exact) mass is 467 g/mol. The fourth-order valence-corrected chi connectivity index (χ4v) is 3.03. The Balaban J connectivity index is 1.70. The molecule has 1 saturated carbocycles. The first-order chi connectivity index (χ1) is 15.2. The lowest BCUT2D eigenvalue weighted by molar-refractivity contribution is -0.142. The summed E-state index contributed by atoms with van der Waals surface area (Å²) >= 11 is 6.34. The van der Waals surface area contributed by atoms with E-state index in [2.05, 4.69) is 32.4 Å². The van der Waals surface area contributed by atoms with E-state index in [1.165, 1.54) is 7.05 Å². The van der Waals surface area contributed by atoms with Crippen molar-refractivity contribution in [2.24, 2.45) is 18.1 Å². The number of pyridine rings is 1. The van der Waals surface area contributed by atoms with E-state index in [9.17, 15) is 18.0 Å². The second kappa shape index (κ2) is 10.0. The highest BCUT2D eigenvalue weighted by Crippen LogP contribution is 2.30. The quantitative estimate of drug-likeness (QED) is 0.384. The summed E-state index contributed by atoms with van der Waals surface area (Å²) in [6, 6.07) is 1.65. The Labute approximate surface area is 188 Å². The molecule has 0 radical (unpaired) electrons. The number of oxime groups is 1. The highest BCUT2D eigenvalue weighted by atomic mass is 35.5. The third-order valence-corrected chi connectivity index (χ3v) is 4.68. The molecule has 170 valence electrons. The van der Waals surface area contributed by atoms with Gasteiger partial charge in [-0.05, 0) is 25.8 Å². The number of hydrogen-bond donors (Lipinski definition) is 1. The molecule has 7 nitrogen and oxygen atoms in total. The Bertz CT molecular complexity index is 1080. The average molecular weight is 468 g/mol. The number of aryl methyl sites for hydroxylation is 1. The van der Waals surface area contributed by atoms with Crippen molar-refractivity contribution in [2.75, 3.05) is 13.2 Å².